The molecule has 1 atom stereocenters. The van der Waals surface area contributed by atoms with Crippen molar-refractivity contribution in [3.63, 3.8) is 0 Å². The average molecular weight is 290 g/mol. The van der Waals surface area contributed by atoms with Crippen molar-refractivity contribution in [2.24, 2.45) is 0 Å². The van der Waals surface area contributed by atoms with Crippen molar-refractivity contribution >= 4 is 11.8 Å². The molecule has 0 radical (unpaired) electrons. The van der Waals surface area contributed by atoms with Crippen LogP contribution in [0, 0.1) is 0 Å². The summed E-state index contributed by atoms with van der Waals surface area (Å²) in [7, 11) is 0. The van der Waals surface area contributed by atoms with E-state index < -0.39 is 6.04 Å². The zero-order chi connectivity index (χ0) is 15.5. The van der Waals surface area contributed by atoms with Gasteiger partial charge in [-0.25, -0.2) is 0 Å². The molecule has 0 bridgehead atoms. The zero-order valence-corrected chi connectivity index (χ0v) is 12.8. The van der Waals surface area contributed by atoms with E-state index in [9.17, 15) is 9.59 Å². The summed E-state index contributed by atoms with van der Waals surface area (Å²) in [5, 5.41) is 2.65. The largest absolute Gasteiger partial charge is 0.374 e. The van der Waals surface area contributed by atoms with Gasteiger partial charge in [0, 0.05) is 6.54 Å². The van der Waals surface area contributed by atoms with E-state index in [-0.39, 0.29) is 24.0 Å². The molecule has 114 valence electrons. The van der Waals surface area contributed by atoms with Crippen molar-refractivity contribution in [2.75, 3.05) is 19.7 Å². The molecular weight excluding hydrogens is 268 g/mol. The van der Waals surface area contributed by atoms with Crippen molar-refractivity contribution in [3.8, 4) is 0 Å². The Balaban J connectivity index is 2.13. The molecule has 0 aromatic heterocycles. The first-order valence-corrected chi connectivity index (χ1v) is 7.14. The molecule has 1 aromatic rings. The minimum Gasteiger partial charge on any atom is -0.374 e. The molecule has 0 aliphatic carbocycles. The lowest BCUT2D eigenvalue weighted by molar-refractivity contribution is -0.147. The van der Waals surface area contributed by atoms with E-state index in [1.165, 1.54) is 0 Å². The maximum atomic E-state index is 12.2. The maximum absolute atomic E-state index is 12.2. The van der Waals surface area contributed by atoms with Gasteiger partial charge in [-0.3, -0.25) is 9.59 Å². The fourth-order valence-electron chi connectivity index (χ4n) is 2.32. The molecule has 0 spiro atoms. The fourth-order valence-corrected chi connectivity index (χ4v) is 2.32. The molecule has 1 aromatic carbocycles. The van der Waals surface area contributed by atoms with Crippen LogP contribution < -0.4 is 5.32 Å². The van der Waals surface area contributed by atoms with Gasteiger partial charge in [0.05, 0.1) is 18.8 Å². The molecule has 1 unspecified atom stereocenters. The second-order valence-corrected chi connectivity index (χ2v) is 6.08. The summed E-state index contributed by atoms with van der Waals surface area (Å²) in [5.74, 6) is -0.225. The van der Waals surface area contributed by atoms with Gasteiger partial charge in [0.1, 0.15) is 6.04 Å². The van der Waals surface area contributed by atoms with E-state index in [1.54, 1.807) is 4.90 Å². The second kappa shape index (κ2) is 6.26. The molecule has 1 aliphatic rings. The summed E-state index contributed by atoms with van der Waals surface area (Å²) in [4.78, 5) is 25.9. The number of ether oxygens (including phenoxy) is 1. The lowest BCUT2D eigenvalue weighted by Gasteiger charge is -2.35. The molecule has 5 heteroatoms. The predicted molar refractivity (Wildman–Crippen MR) is 79.6 cm³/mol. The highest BCUT2D eigenvalue weighted by Crippen LogP contribution is 2.23. The van der Waals surface area contributed by atoms with Crippen LogP contribution in [-0.4, -0.2) is 42.0 Å². The first-order chi connectivity index (χ1) is 9.88. The number of rotatable bonds is 4. The summed E-state index contributed by atoms with van der Waals surface area (Å²) in [6.45, 7) is 6.76. The van der Waals surface area contributed by atoms with Gasteiger partial charge in [-0.05, 0) is 26.3 Å². The second-order valence-electron chi connectivity index (χ2n) is 6.08. The number of nitrogens with zero attached hydrogens (tertiary/aromatic N) is 1. The lowest BCUT2D eigenvalue weighted by Crippen LogP contribution is -2.54. The van der Waals surface area contributed by atoms with Crippen LogP contribution in [0.3, 0.4) is 0 Å². The normalized spacial score (nSPS) is 19.6. The Morgan fingerprint density at radius 3 is 2.52 bits per heavy atom. The third-order valence-corrected chi connectivity index (χ3v) is 3.28. The average Bonchev–Trinajstić information content (AvgIpc) is 2.42. The predicted octanol–water partition coefficient (Wildman–Crippen LogP) is 1.50. The van der Waals surface area contributed by atoms with Crippen LogP contribution in [0.2, 0.25) is 0 Å². The van der Waals surface area contributed by atoms with E-state index in [0.29, 0.717) is 13.2 Å². The fraction of sp³-hybridized carbons (Fsp3) is 0.500. The Morgan fingerprint density at radius 1 is 1.24 bits per heavy atom. The van der Waals surface area contributed by atoms with Gasteiger partial charge < -0.3 is 15.0 Å². The van der Waals surface area contributed by atoms with E-state index in [0.717, 1.165) is 5.56 Å². The van der Waals surface area contributed by atoms with E-state index in [2.05, 4.69) is 5.32 Å². The van der Waals surface area contributed by atoms with Crippen LogP contribution in [0.15, 0.2) is 30.3 Å². The highest BCUT2D eigenvalue weighted by atomic mass is 16.5. The van der Waals surface area contributed by atoms with Crippen molar-refractivity contribution in [1.29, 1.82) is 0 Å². The smallest absolute Gasteiger partial charge is 0.247 e. The van der Waals surface area contributed by atoms with Gasteiger partial charge in [0.25, 0.3) is 0 Å². The number of amides is 2. The quantitative estimate of drug-likeness (QED) is 0.914. The molecule has 21 heavy (non-hydrogen) atoms. The van der Waals surface area contributed by atoms with E-state index in [4.69, 9.17) is 4.74 Å². The Bertz CT molecular complexity index is 508. The number of nitrogens with one attached hydrogen (secondary N) is 1. The van der Waals surface area contributed by atoms with Gasteiger partial charge in [0.15, 0.2) is 0 Å². The molecule has 1 fully saturated rings. The Labute approximate surface area is 125 Å². The monoisotopic (exact) mass is 290 g/mol. The molecule has 0 saturated carbocycles. The van der Waals surface area contributed by atoms with Gasteiger partial charge in [-0.1, -0.05) is 30.3 Å². The van der Waals surface area contributed by atoms with Crippen molar-refractivity contribution in [3.05, 3.63) is 35.9 Å². The summed E-state index contributed by atoms with van der Waals surface area (Å²) < 4.78 is 5.67. The molecule has 1 saturated heterocycles. The summed E-state index contributed by atoms with van der Waals surface area (Å²) in [6.07, 6.45) is 0. The molecule has 1 N–H and O–H groups in total. The SMILES string of the molecule is CC(C)(C)OCCN1C(=O)CNC(=O)C1c1ccccc1. The number of hydrogen-bond donors (Lipinski definition) is 1. The van der Waals surface area contributed by atoms with E-state index in [1.807, 2.05) is 51.1 Å². The van der Waals surface area contributed by atoms with Gasteiger partial charge in [0.2, 0.25) is 11.8 Å². The molecule has 2 rings (SSSR count). The minimum atomic E-state index is -0.573. The van der Waals surface area contributed by atoms with Gasteiger partial charge in [-0.2, -0.15) is 0 Å². The number of carbonyl (C=O) groups excluding carboxylic acids is 2. The van der Waals surface area contributed by atoms with Crippen LogP contribution in [0.1, 0.15) is 32.4 Å². The molecule has 1 aliphatic heterocycles. The number of hydrogen-bond acceptors (Lipinski definition) is 3. The highest BCUT2D eigenvalue weighted by Gasteiger charge is 2.35. The van der Waals surface area contributed by atoms with Gasteiger partial charge >= 0.3 is 0 Å². The van der Waals surface area contributed by atoms with Crippen LogP contribution >= 0.6 is 0 Å². The lowest BCUT2D eigenvalue weighted by atomic mass is 10.0. The van der Waals surface area contributed by atoms with E-state index >= 15 is 0 Å². The highest BCUT2D eigenvalue weighted by molar-refractivity contribution is 5.95. The number of benzene rings is 1. The van der Waals surface area contributed by atoms with Gasteiger partial charge in [-0.15, -0.1) is 0 Å². The Kier molecular flexibility index (Phi) is 4.63. The Morgan fingerprint density at radius 2 is 1.90 bits per heavy atom. The summed E-state index contributed by atoms with van der Waals surface area (Å²) >= 11 is 0. The topological polar surface area (TPSA) is 58.6 Å². The van der Waals surface area contributed by atoms with Crippen molar-refractivity contribution in [1.82, 2.24) is 10.2 Å². The third kappa shape index (κ3) is 4.04. The number of carbonyl (C=O) groups is 2. The standard InChI is InChI=1S/C16H22N2O3/c1-16(2,3)21-10-9-18-13(19)11-17-15(20)14(18)12-7-5-4-6-8-12/h4-8,14H,9-11H2,1-3H3,(H,17,20). The van der Waals surface area contributed by atoms with Crippen molar-refractivity contribution < 1.29 is 14.3 Å². The first kappa shape index (κ1) is 15.5. The molecule has 1 heterocycles. The van der Waals surface area contributed by atoms with Crippen LogP contribution in [0.4, 0.5) is 0 Å². The van der Waals surface area contributed by atoms with Crippen LogP contribution in [0.25, 0.3) is 0 Å². The Hall–Kier alpha value is -1.88. The minimum absolute atomic E-state index is 0.0533. The maximum Gasteiger partial charge on any atom is 0.247 e. The molecular formula is C16H22N2O3. The van der Waals surface area contributed by atoms with Crippen LogP contribution in [-0.2, 0) is 14.3 Å². The summed E-state index contributed by atoms with van der Waals surface area (Å²) in [6, 6.07) is 8.77. The molecule has 5 nitrogen and oxygen atoms in total. The summed E-state index contributed by atoms with van der Waals surface area (Å²) in [5.41, 5.74) is 0.558. The third-order valence-electron chi connectivity index (χ3n) is 3.28. The number of piperazine rings is 1. The zero-order valence-electron chi connectivity index (χ0n) is 12.8. The first-order valence-electron chi connectivity index (χ1n) is 7.14. The van der Waals surface area contributed by atoms with Crippen molar-refractivity contribution in [2.45, 2.75) is 32.4 Å². The van der Waals surface area contributed by atoms with Crippen LogP contribution in [0.5, 0.6) is 0 Å². The molecule has 2 amide bonds.